The Hall–Kier alpha value is -1.81. The first-order valence-corrected chi connectivity index (χ1v) is 7.92. The van der Waals surface area contributed by atoms with Crippen LogP contribution in [-0.2, 0) is 0 Å². The molecule has 3 rings (SSSR count). The fourth-order valence-corrected chi connectivity index (χ4v) is 3.64. The third-order valence-corrected chi connectivity index (χ3v) is 4.95. The van der Waals surface area contributed by atoms with E-state index in [1.807, 2.05) is 24.3 Å². The van der Waals surface area contributed by atoms with Crippen molar-refractivity contribution in [1.82, 2.24) is 4.98 Å². The topological polar surface area (TPSA) is 46.0 Å². The van der Waals surface area contributed by atoms with Crippen molar-refractivity contribution in [3.8, 4) is 0 Å². The fourth-order valence-electron chi connectivity index (χ4n) is 2.68. The average molecular weight is 346 g/mol. The van der Waals surface area contributed by atoms with E-state index in [4.69, 9.17) is 4.42 Å². The van der Waals surface area contributed by atoms with Crippen LogP contribution in [0, 0.1) is 0 Å². The number of aromatic amines is 1. The van der Waals surface area contributed by atoms with E-state index in [1.165, 1.54) is 5.56 Å². The summed E-state index contributed by atoms with van der Waals surface area (Å²) in [6.07, 6.45) is 1.02. The number of H-pyrrole nitrogens is 1. The molecular weight excluding hydrogens is 330 g/mol. The van der Waals surface area contributed by atoms with E-state index < -0.39 is 5.76 Å². The van der Waals surface area contributed by atoms with Gasteiger partial charge in [-0.15, -0.1) is 0 Å². The Kier molecular flexibility index (Phi) is 3.97. The minimum Gasteiger partial charge on any atom is -0.408 e. The van der Waals surface area contributed by atoms with Crippen molar-refractivity contribution in [2.24, 2.45) is 0 Å². The smallest absolute Gasteiger partial charge is 0.408 e. The van der Waals surface area contributed by atoms with Crippen LogP contribution in [0.15, 0.2) is 57.7 Å². The van der Waals surface area contributed by atoms with Crippen molar-refractivity contribution in [3.05, 3.63) is 70.2 Å². The summed E-state index contributed by atoms with van der Waals surface area (Å²) in [4.78, 5) is 14.1. The normalized spacial score (nSPS) is 14.2. The maximum Gasteiger partial charge on any atom is 0.417 e. The monoisotopic (exact) mass is 345 g/mol. The molecule has 1 aromatic heterocycles. The number of alkyl halides is 1. The van der Waals surface area contributed by atoms with E-state index in [1.54, 1.807) is 0 Å². The first-order chi connectivity index (χ1) is 10.2. The molecule has 0 aliphatic heterocycles. The lowest BCUT2D eigenvalue weighted by atomic mass is 9.90. The van der Waals surface area contributed by atoms with Gasteiger partial charge in [-0.25, -0.2) is 4.79 Å². The Labute approximate surface area is 131 Å². The second-order valence-electron chi connectivity index (χ2n) is 5.10. The molecule has 1 N–H and O–H groups in total. The van der Waals surface area contributed by atoms with E-state index in [-0.39, 0.29) is 4.83 Å². The molecule has 2 atom stereocenters. The van der Waals surface area contributed by atoms with Crippen LogP contribution in [0.2, 0.25) is 0 Å². The fraction of sp³-hybridized carbons (Fsp3) is 0.235. The molecule has 0 radical (unpaired) electrons. The van der Waals surface area contributed by atoms with Gasteiger partial charge in [-0.2, -0.15) is 0 Å². The summed E-state index contributed by atoms with van der Waals surface area (Å²) in [5.41, 5.74) is 3.75. The molecule has 21 heavy (non-hydrogen) atoms. The summed E-state index contributed by atoms with van der Waals surface area (Å²) in [7, 11) is 0. The highest BCUT2D eigenvalue weighted by Gasteiger charge is 2.21. The third kappa shape index (κ3) is 2.81. The first-order valence-electron chi connectivity index (χ1n) is 7.01. The molecule has 0 bridgehead atoms. The lowest BCUT2D eigenvalue weighted by Crippen LogP contribution is -2.05. The molecule has 0 aliphatic rings. The van der Waals surface area contributed by atoms with E-state index in [2.05, 4.69) is 52.1 Å². The van der Waals surface area contributed by atoms with Gasteiger partial charge in [0, 0.05) is 10.7 Å². The minimum atomic E-state index is -0.414. The predicted octanol–water partition coefficient (Wildman–Crippen LogP) is 4.75. The number of rotatable bonds is 4. The molecule has 0 amide bonds. The van der Waals surface area contributed by atoms with Crippen LogP contribution < -0.4 is 5.76 Å². The van der Waals surface area contributed by atoms with Crippen LogP contribution in [0.1, 0.15) is 35.2 Å². The van der Waals surface area contributed by atoms with E-state index in [0.29, 0.717) is 11.5 Å². The molecule has 0 spiro atoms. The van der Waals surface area contributed by atoms with Gasteiger partial charge in [0.15, 0.2) is 5.58 Å². The number of fused-ring (bicyclic) bond motifs is 1. The number of halogens is 1. The summed E-state index contributed by atoms with van der Waals surface area (Å²) in [5.74, 6) is -0.0438. The van der Waals surface area contributed by atoms with Crippen molar-refractivity contribution in [1.29, 1.82) is 0 Å². The van der Waals surface area contributed by atoms with Gasteiger partial charge in [0.2, 0.25) is 0 Å². The van der Waals surface area contributed by atoms with Crippen molar-refractivity contribution in [2.75, 3.05) is 0 Å². The van der Waals surface area contributed by atoms with Crippen molar-refractivity contribution in [3.63, 3.8) is 0 Å². The summed E-state index contributed by atoms with van der Waals surface area (Å²) in [6.45, 7) is 2.18. The standard InChI is InChI=1S/C17H16BrNO2/c1-2-13(11-6-4-3-5-7-11)16(18)12-8-9-14-15(10-12)21-17(20)19-14/h3-10,13,16H,2H2,1H3,(H,19,20). The molecule has 2 unspecified atom stereocenters. The van der Waals surface area contributed by atoms with Crippen LogP contribution in [0.5, 0.6) is 0 Å². The van der Waals surface area contributed by atoms with Crippen LogP contribution in [0.25, 0.3) is 11.1 Å². The maximum atomic E-state index is 11.2. The molecule has 0 aliphatic carbocycles. The molecule has 4 heteroatoms. The largest absolute Gasteiger partial charge is 0.417 e. The third-order valence-electron chi connectivity index (χ3n) is 3.78. The number of oxazole rings is 1. The van der Waals surface area contributed by atoms with Crippen molar-refractivity contribution < 1.29 is 4.42 Å². The lowest BCUT2D eigenvalue weighted by molar-refractivity contribution is 0.554. The minimum absolute atomic E-state index is 0.175. The highest BCUT2D eigenvalue weighted by atomic mass is 79.9. The Bertz CT molecular complexity index is 791. The molecule has 0 saturated carbocycles. The molecule has 1 heterocycles. The number of hydrogen-bond acceptors (Lipinski definition) is 2. The van der Waals surface area contributed by atoms with Crippen LogP contribution in [0.4, 0.5) is 0 Å². The predicted molar refractivity (Wildman–Crippen MR) is 88.0 cm³/mol. The van der Waals surface area contributed by atoms with Gasteiger partial charge in [0.1, 0.15) is 0 Å². The van der Waals surface area contributed by atoms with Gasteiger partial charge in [-0.05, 0) is 29.7 Å². The van der Waals surface area contributed by atoms with Crippen LogP contribution in [-0.4, -0.2) is 4.98 Å². The Morgan fingerprint density at radius 2 is 1.90 bits per heavy atom. The highest BCUT2D eigenvalue weighted by molar-refractivity contribution is 9.09. The van der Waals surface area contributed by atoms with Gasteiger partial charge in [0.05, 0.1) is 5.52 Å². The Balaban J connectivity index is 1.97. The summed E-state index contributed by atoms with van der Waals surface area (Å²) < 4.78 is 5.15. The Morgan fingerprint density at radius 1 is 1.14 bits per heavy atom. The maximum absolute atomic E-state index is 11.2. The quantitative estimate of drug-likeness (QED) is 0.693. The van der Waals surface area contributed by atoms with E-state index >= 15 is 0 Å². The summed E-state index contributed by atoms with van der Waals surface area (Å²) in [5, 5.41) is 0. The van der Waals surface area contributed by atoms with Gasteiger partial charge in [0.25, 0.3) is 0 Å². The number of nitrogens with one attached hydrogen (secondary N) is 1. The second-order valence-corrected chi connectivity index (χ2v) is 6.08. The van der Waals surface area contributed by atoms with Crippen molar-refractivity contribution in [2.45, 2.75) is 24.1 Å². The van der Waals surface area contributed by atoms with Crippen LogP contribution in [0.3, 0.4) is 0 Å². The molecule has 3 nitrogen and oxygen atoms in total. The molecule has 0 fully saturated rings. The number of benzene rings is 2. The van der Waals surface area contributed by atoms with Crippen LogP contribution >= 0.6 is 15.9 Å². The van der Waals surface area contributed by atoms with Gasteiger partial charge in [-0.3, -0.25) is 4.98 Å². The van der Waals surface area contributed by atoms with Gasteiger partial charge >= 0.3 is 5.76 Å². The molecule has 0 saturated heterocycles. The van der Waals surface area contributed by atoms with Gasteiger partial charge in [-0.1, -0.05) is 59.3 Å². The zero-order valence-corrected chi connectivity index (χ0v) is 13.3. The number of aromatic nitrogens is 1. The van der Waals surface area contributed by atoms with Crippen molar-refractivity contribution >= 4 is 27.0 Å². The van der Waals surface area contributed by atoms with Gasteiger partial charge < -0.3 is 4.42 Å². The zero-order valence-electron chi connectivity index (χ0n) is 11.7. The average Bonchev–Trinajstić information content (AvgIpc) is 2.88. The first kappa shape index (κ1) is 14.1. The van der Waals surface area contributed by atoms with E-state index in [0.717, 1.165) is 17.5 Å². The SMILES string of the molecule is CCC(c1ccccc1)C(Br)c1ccc2[nH]c(=O)oc2c1. The lowest BCUT2D eigenvalue weighted by Gasteiger charge is -2.22. The number of hydrogen-bond donors (Lipinski definition) is 1. The highest BCUT2D eigenvalue weighted by Crippen LogP contribution is 2.40. The molecule has 108 valence electrons. The zero-order chi connectivity index (χ0) is 14.8. The summed E-state index contributed by atoms with van der Waals surface area (Å²) in [6, 6.07) is 16.3. The molecule has 3 aromatic rings. The molecule has 2 aromatic carbocycles. The Morgan fingerprint density at radius 3 is 2.62 bits per heavy atom. The second kappa shape index (κ2) is 5.90. The summed E-state index contributed by atoms with van der Waals surface area (Å²) >= 11 is 3.81. The van der Waals surface area contributed by atoms with E-state index in [9.17, 15) is 4.79 Å². The molecular formula is C17H16BrNO2.